The molecule has 6 nitrogen and oxygen atoms in total. The molecule has 24 heavy (non-hydrogen) atoms. The van der Waals surface area contributed by atoms with Crippen LogP contribution in [0.4, 0.5) is 4.79 Å². The van der Waals surface area contributed by atoms with Crippen molar-refractivity contribution in [2.24, 2.45) is 0 Å². The number of imide groups is 1. The second-order valence-corrected chi connectivity index (χ2v) is 6.23. The Morgan fingerprint density at radius 3 is 2.50 bits per heavy atom. The quantitative estimate of drug-likeness (QED) is 0.585. The molecule has 7 heteroatoms. The normalized spacial score (nSPS) is 20.2. The summed E-state index contributed by atoms with van der Waals surface area (Å²) in [6, 6.07) is 6.23. The van der Waals surface area contributed by atoms with E-state index >= 15 is 0 Å². The number of rotatable bonds is 7. The van der Waals surface area contributed by atoms with Gasteiger partial charge in [-0.15, -0.1) is 0 Å². The van der Waals surface area contributed by atoms with Gasteiger partial charge >= 0.3 is 6.03 Å². The van der Waals surface area contributed by atoms with Crippen molar-refractivity contribution in [3.05, 3.63) is 34.9 Å². The van der Waals surface area contributed by atoms with E-state index in [1.807, 2.05) is 13.8 Å². The minimum Gasteiger partial charge on any atom is -0.355 e. The largest absolute Gasteiger partial charge is 0.355 e. The van der Waals surface area contributed by atoms with Crippen LogP contribution < -0.4 is 10.6 Å². The first-order valence-electron chi connectivity index (χ1n) is 8.11. The maximum atomic E-state index is 12.8. The highest BCUT2D eigenvalue weighted by molar-refractivity contribution is 6.30. The monoisotopic (exact) mass is 351 g/mol. The van der Waals surface area contributed by atoms with Crippen molar-refractivity contribution in [1.29, 1.82) is 0 Å². The van der Waals surface area contributed by atoms with Gasteiger partial charge in [0.15, 0.2) is 0 Å². The third-order valence-electron chi connectivity index (χ3n) is 4.20. The van der Waals surface area contributed by atoms with Gasteiger partial charge in [-0.25, -0.2) is 4.79 Å². The van der Waals surface area contributed by atoms with Gasteiger partial charge in [0.05, 0.1) is 0 Å². The van der Waals surface area contributed by atoms with Crippen molar-refractivity contribution in [3.63, 3.8) is 0 Å². The molecule has 0 aliphatic carbocycles. The lowest BCUT2D eigenvalue weighted by Gasteiger charge is -2.25. The highest BCUT2D eigenvalue weighted by atomic mass is 35.5. The molecular weight excluding hydrogens is 330 g/mol. The summed E-state index contributed by atoms with van der Waals surface area (Å²) in [5.74, 6) is -0.752. The Kier molecular flexibility index (Phi) is 5.83. The Morgan fingerprint density at radius 1 is 1.25 bits per heavy atom. The highest BCUT2D eigenvalue weighted by Crippen LogP contribution is 2.32. The molecule has 0 unspecified atom stereocenters. The summed E-state index contributed by atoms with van der Waals surface area (Å²) < 4.78 is 0. The van der Waals surface area contributed by atoms with Crippen LogP contribution in [0, 0.1) is 0 Å². The fourth-order valence-electron chi connectivity index (χ4n) is 2.75. The zero-order chi connectivity index (χ0) is 17.7. The van der Waals surface area contributed by atoms with Crippen molar-refractivity contribution in [2.45, 2.75) is 38.6 Å². The van der Waals surface area contributed by atoms with Crippen molar-refractivity contribution in [2.75, 3.05) is 13.1 Å². The molecule has 1 aromatic rings. The average molecular weight is 352 g/mol. The number of hydrogen-bond acceptors (Lipinski definition) is 3. The predicted molar refractivity (Wildman–Crippen MR) is 91.6 cm³/mol. The van der Waals surface area contributed by atoms with E-state index in [0.29, 0.717) is 23.6 Å². The molecule has 1 atom stereocenters. The minimum atomic E-state index is -1.15. The van der Waals surface area contributed by atoms with E-state index in [1.165, 1.54) is 0 Å². The van der Waals surface area contributed by atoms with Gasteiger partial charge in [0.1, 0.15) is 12.1 Å². The topological polar surface area (TPSA) is 78.5 Å². The van der Waals surface area contributed by atoms with Crippen LogP contribution in [0.25, 0.3) is 0 Å². The van der Waals surface area contributed by atoms with Crippen LogP contribution in [0.1, 0.15) is 38.7 Å². The van der Waals surface area contributed by atoms with Crippen LogP contribution in [0.3, 0.4) is 0 Å². The molecule has 1 aliphatic rings. The molecular formula is C17H22ClN3O3. The number of urea groups is 1. The highest BCUT2D eigenvalue weighted by Gasteiger charge is 2.51. The summed E-state index contributed by atoms with van der Waals surface area (Å²) in [5.41, 5.74) is -0.493. The Bertz CT molecular complexity index is 632. The van der Waals surface area contributed by atoms with Gasteiger partial charge in [0.2, 0.25) is 5.91 Å². The van der Waals surface area contributed by atoms with Crippen LogP contribution in [-0.4, -0.2) is 35.8 Å². The summed E-state index contributed by atoms with van der Waals surface area (Å²) in [4.78, 5) is 38.0. The van der Waals surface area contributed by atoms with E-state index in [9.17, 15) is 14.4 Å². The fourth-order valence-corrected chi connectivity index (χ4v) is 2.87. The van der Waals surface area contributed by atoms with Gasteiger partial charge in [-0.2, -0.15) is 0 Å². The summed E-state index contributed by atoms with van der Waals surface area (Å²) >= 11 is 5.89. The number of carbonyl (C=O) groups excluding carboxylic acids is 3. The van der Waals surface area contributed by atoms with Gasteiger partial charge in [-0.05, 0) is 30.5 Å². The molecule has 1 aromatic carbocycles. The molecule has 1 heterocycles. The number of benzene rings is 1. The second kappa shape index (κ2) is 7.66. The fraction of sp³-hybridized carbons (Fsp3) is 0.471. The summed E-state index contributed by atoms with van der Waals surface area (Å²) in [5, 5.41) is 6.00. The Balaban J connectivity index is 2.16. The van der Waals surface area contributed by atoms with Gasteiger partial charge in [0, 0.05) is 11.6 Å². The number of halogens is 1. The third-order valence-corrected chi connectivity index (χ3v) is 4.45. The maximum Gasteiger partial charge on any atom is 0.325 e. The minimum absolute atomic E-state index is 0.274. The number of nitrogens with one attached hydrogen (secondary N) is 2. The van der Waals surface area contributed by atoms with E-state index in [2.05, 4.69) is 10.6 Å². The molecule has 0 saturated carbocycles. The molecule has 1 aliphatic heterocycles. The lowest BCUT2D eigenvalue weighted by Crippen LogP contribution is -2.44. The van der Waals surface area contributed by atoms with Crippen LogP contribution in [0.5, 0.6) is 0 Å². The third kappa shape index (κ3) is 3.53. The molecule has 130 valence electrons. The van der Waals surface area contributed by atoms with Crippen molar-refractivity contribution in [3.8, 4) is 0 Å². The SMILES string of the molecule is CCCCNC(=O)CN1C(=O)N[C@](CC)(c2ccc(Cl)cc2)C1=O. The van der Waals surface area contributed by atoms with Crippen LogP contribution >= 0.6 is 11.6 Å². The zero-order valence-corrected chi connectivity index (χ0v) is 14.7. The molecule has 0 spiro atoms. The lowest BCUT2D eigenvalue weighted by molar-refractivity contribution is -0.135. The molecule has 2 rings (SSSR count). The van der Waals surface area contributed by atoms with Gasteiger partial charge in [-0.1, -0.05) is 44.0 Å². The summed E-state index contributed by atoms with van der Waals surface area (Å²) in [7, 11) is 0. The van der Waals surface area contributed by atoms with Crippen LogP contribution in [0.2, 0.25) is 5.02 Å². The lowest BCUT2D eigenvalue weighted by atomic mass is 9.87. The Hall–Kier alpha value is -2.08. The van der Waals surface area contributed by atoms with Gasteiger partial charge in [0.25, 0.3) is 5.91 Å². The molecule has 0 aromatic heterocycles. The van der Waals surface area contributed by atoms with Gasteiger partial charge in [-0.3, -0.25) is 14.5 Å². The van der Waals surface area contributed by atoms with Gasteiger partial charge < -0.3 is 10.6 Å². The van der Waals surface area contributed by atoms with E-state index in [0.717, 1.165) is 17.7 Å². The van der Waals surface area contributed by atoms with Crippen LogP contribution in [-0.2, 0) is 15.1 Å². The first kappa shape index (κ1) is 18.3. The van der Waals surface area contributed by atoms with E-state index in [-0.39, 0.29) is 12.5 Å². The Morgan fingerprint density at radius 2 is 1.92 bits per heavy atom. The smallest absolute Gasteiger partial charge is 0.325 e. The van der Waals surface area contributed by atoms with E-state index in [4.69, 9.17) is 11.6 Å². The number of amides is 4. The molecule has 1 fully saturated rings. The molecule has 0 radical (unpaired) electrons. The van der Waals surface area contributed by atoms with E-state index in [1.54, 1.807) is 24.3 Å². The number of carbonyl (C=O) groups is 3. The first-order chi connectivity index (χ1) is 11.4. The van der Waals surface area contributed by atoms with E-state index < -0.39 is 17.5 Å². The molecule has 4 amide bonds. The standard InChI is InChI=1S/C17H22ClN3O3/c1-3-5-10-19-14(22)11-21-15(23)17(4-2,20-16(21)24)12-6-8-13(18)9-7-12/h6-9H,3-5,10-11H2,1-2H3,(H,19,22)(H,20,24)/t17-/m1/s1. The zero-order valence-electron chi connectivity index (χ0n) is 13.9. The average Bonchev–Trinajstić information content (AvgIpc) is 2.81. The summed E-state index contributed by atoms with van der Waals surface area (Å²) in [6.45, 7) is 4.10. The van der Waals surface area contributed by atoms with Crippen molar-refractivity contribution >= 4 is 29.4 Å². The number of hydrogen-bond donors (Lipinski definition) is 2. The molecule has 2 N–H and O–H groups in total. The van der Waals surface area contributed by atoms with Crippen LogP contribution in [0.15, 0.2) is 24.3 Å². The van der Waals surface area contributed by atoms with Crippen molar-refractivity contribution in [1.82, 2.24) is 15.5 Å². The second-order valence-electron chi connectivity index (χ2n) is 5.79. The van der Waals surface area contributed by atoms with Crippen molar-refractivity contribution < 1.29 is 14.4 Å². The molecule has 1 saturated heterocycles. The molecule has 0 bridgehead atoms. The Labute approximate surface area is 146 Å². The maximum absolute atomic E-state index is 12.8. The first-order valence-corrected chi connectivity index (χ1v) is 8.49. The predicted octanol–water partition coefficient (Wildman–Crippen LogP) is 2.41. The number of unbranched alkanes of at least 4 members (excludes halogenated alkanes) is 1. The number of nitrogens with zero attached hydrogens (tertiary/aromatic N) is 1. The summed E-state index contributed by atoms with van der Waals surface area (Å²) in [6.07, 6.45) is 2.20.